The maximum absolute atomic E-state index is 13.2. The van der Waals surface area contributed by atoms with E-state index < -0.39 is 5.82 Å². The van der Waals surface area contributed by atoms with Crippen molar-refractivity contribution in [3.8, 4) is 5.75 Å². The lowest BCUT2D eigenvalue weighted by molar-refractivity contribution is 0.410. The van der Waals surface area contributed by atoms with E-state index >= 15 is 0 Å². The van der Waals surface area contributed by atoms with Gasteiger partial charge in [0, 0.05) is 18.7 Å². The van der Waals surface area contributed by atoms with E-state index in [0.29, 0.717) is 16.9 Å². The molecule has 1 aromatic carbocycles. The van der Waals surface area contributed by atoms with E-state index in [4.69, 9.17) is 15.9 Å². The number of nitrogens with one attached hydrogen (secondary N) is 2. The van der Waals surface area contributed by atoms with Crippen LogP contribution < -0.4 is 15.8 Å². The van der Waals surface area contributed by atoms with Gasteiger partial charge in [-0.2, -0.15) is 0 Å². The number of anilines is 2. The molecule has 0 atom stereocenters. The van der Waals surface area contributed by atoms with Crippen molar-refractivity contribution in [1.82, 2.24) is 9.97 Å². The minimum atomic E-state index is -0.440. The third-order valence-corrected chi connectivity index (χ3v) is 2.80. The summed E-state index contributed by atoms with van der Waals surface area (Å²) >= 11 is 0. The fraction of sp³-hybridized carbons (Fsp3) is 0.154. The Kier molecular flexibility index (Phi) is 3.79. The Morgan fingerprint density at radius 2 is 2.15 bits per heavy atom. The topological polar surface area (TPSA) is 96.9 Å². The van der Waals surface area contributed by atoms with Crippen LogP contribution in [-0.2, 0) is 0 Å². The summed E-state index contributed by atoms with van der Waals surface area (Å²) in [6.45, 7) is 0. The van der Waals surface area contributed by atoms with Crippen molar-refractivity contribution in [1.29, 1.82) is 5.41 Å². The molecule has 0 radical (unpaired) electrons. The molecule has 0 aliphatic heterocycles. The Balaban J connectivity index is 2.57. The van der Waals surface area contributed by atoms with Gasteiger partial charge in [0.1, 0.15) is 29.5 Å². The van der Waals surface area contributed by atoms with Gasteiger partial charge in [-0.1, -0.05) is 0 Å². The number of methoxy groups -OCH3 is 1. The molecular formula is C13H14FN5O. The molecule has 0 bridgehead atoms. The first kappa shape index (κ1) is 13.7. The lowest BCUT2D eigenvalue weighted by atomic mass is 10.0. The summed E-state index contributed by atoms with van der Waals surface area (Å²) in [4.78, 5) is 7.90. The zero-order valence-electron chi connectivity index (χ0n) is 11.1. The summed E-state index contributed by atoms with van der Waals surface area (Å²) in [6.07, 6.45) is 1.31. The number of benzene rings is 1. The zero-order chi connectivity index (χ0) is 14.7. The molecule has 2 aromatic rings. The van der Waals surface area contributed by atoms with Crippen LogP contribution in [0, 0.1) is 11.2 Å². The van der Waals surface area contributed by atoms with Crippen LogP contribution in [-0.4, -0.2) is 29.8 Å². The van der Waals surface area contributed by atoms with Crippen LogP contribution in [0.25, 0.3) is 0 Å². The molecule has 0 unspecified atom stereocenters. The number of hydrogen-bond donors (Lipinski definition) is 3. The Labute approximate surface area is 115 Å². The average molecular weight is 275 g/mol. The molecule has 20 heavy (non-hydrogen) atoms. The minimum absolute atomic E-state index is 0.0595. The van der Waals surface area contributed by atoms with Gasteiger partial charge < -0.3 is 15.8 Å². The standard InChI is InChI=1S/C13H14FN5O/c1-17-13-10(12(16)18-6-19-13)11(15)8-4-3-7(14)5-9(8)20-2/h3-6,15H,1-2H3,(H3,16,17,18,19). The second kappa shape index (κ2) is 5.52. The lowest BCUT2D eigenvalue weighted by Gasteiger charge is -2.13. The first-order valence-electron chi connectivity index (χ1n) is 5.79. The highest BCUT2D eigenvalue weighted by Gasteiger charge is 2.18. The summed E-state index contributed by atoms with van der Waals surface area (Å²) in [5, 5.41) is 11.1. The van der Waals surface area contributed by atoms with Gasteiger partial charge in [-0.3, -0.25) is 5.41 Å². The van der Waals surface area contributed by atoms with E-state index in [2.05, 4.69) is 15.3 Å². The Hall–Kier alpha value is -2.70. The molecule has 2 rings (SSSR count). The van der Waals surface area contributed by atoms with Gasteiger partial charge in [0.2, 0.25) is 0 Å². The van der Waals surface area contributed by atoms with Crippen LogP contribution in [0.5, 0.6) is 5.75 Å². The second-order valence-corrected chi connectivity index (χ2v) is 3.95. The monoisotopic (exact) mass is 275 g/mol. The highest BCUT2D eigenvalue weighted by atomic mass is 19.1. The molecule has 104 valence electrons. The summed E-state index contributed by atoms with van der Waals surface area (Å²) < 4.78 is 18.3. The van der Waals surface area contributed by atoms with Crippen molar-refractivity contribution in [2.24, 2.45) is 0 Å². The molecule has 7 heteroatoms. The van der Waals surface area contributed by atoms with Crippen molar-refractivity contribution in [3.05, 3.63) is 41.5 Å². The third kappa shape index (κ3) is 2.37. The number of aromatic nitrogens is 2. The molecule has 0 spiro atoms. The average Bonchev–Trinajstić information content (AvgIpc) is 2.46. The van der Waals surface area contributed by atoms with Crippen molar-refractivity contribution in [2.45, 2.75) is 0 Å². The molecule has 0 aliphatic rings. The fourth-order valence-corrected chi connectivity index (χ4v) is 1.84. The smallest absolute Gasteiger partial charge is 0.140 e. The van der Waals surface area contributed by atoms with Crippen LogP contribution in [0.1, 0.15) is 11.1 Å². The van der Waals surface area contributed by atoms with Crippen molar-refractivity contribution >= 4 is 17.3 Å². The van der Waals surface area contributed by atoms with Crippen LogP contribution in [0.3, 0.4) is 0 Å². The number of halogens is 1. The maximum atomic E-state index is 13.2. The van der Waals surface area contributed by atoms with E-state index in [9.17, 15) is 4.39 Å². The molecule has 0 amide bonds. The number of hydrogen-bond acceptors (Lipinski definition) is 6. The molecular weight excluding hydrogens is 261 g/mol. The molecule has 4 N–H and O–H groups in total. The lowest BCUT2D eigenvalue weighted by Crippen LogP contribution is -2.13. The molecule has 0 fully saturated rings. The number of nitrogens with two attached hydrogens (primary N) is 1. The number of ether oxygens (including phenoxy) is 1. The van der Waals surface area contributed by atoms with E-state index in [0.717, 1.165) is 0 Å². The quantitative estimate of drug-likeness (QED) is 0.737. The van der Waals surface area contributed by atoms with Gasteiger partial charge in [0.15, 0.2) is 0 Å². The summed E-state index contributed by atoms with van der Waals surface area (Å²) in [6, 6.07) is 3.93. The third-order valence-electron chi connectivity index (χ3n) is 2.80. The Bertz CT molecular complexity index is 659. The first-order valence-corrected chi connectivity index (χ1v) is 5.79. The Morgan fingerprint density at radius 3 is 2.80 bits per heavy atom. The van der Waals surface area contributed by atoms with Gasteiger partial charge in [0.25, 0.3) is 0 Å². The van der Waals surface area contributed by atoms with Crippen LogP contribution in [0.4, 0.5) is 16.0 Å². The van der Waals surface area contributed by atoms with Gasteiger partial charge in [0.05, 0.1) is 18.4 Å². The fourth-order valence-electron chi connectivity index (χ4n) is 1.84. The van der Waals surface area contributed by atoms with E-state index in [-0.39, 0.29) is 17.3 Å². The first-order chi connectivity index (χ1) is 9.58. The van der Waals surface area contributed by atoms with Crippen LogP contribution >= 0.6 is 0 Å². The number of nitrogen functional groups attached to an aromatic ring is 1. The normalized spacial score (nSPS) is 10.2. The van der Waals surface area contributed by atoms with Gasteiger partial charge >= 0.3 is 0 Å². The Morgan fingerprint density at radius 1 is 1.40 bits per heavy atom. The SMILES string of the molecule is CNc1ncnc(N)c1C(=N)c1ccc(F)cc1OC. The molecule has 1 aromatic heterocycles. The molecule has 0 aliphatic carbocycles. The van der Waals surface area contributed by atoms with Gasteiger partial charge in [-0.05, 0) is 12.1 Å². The van der Waals surface area contributed by atoms with Crippen molar-refractivity contribution in [2.75, 3.05) is 25.2 Å². The highest BCUT2D eigenvalue weighted by Crippen LogP contribution is 2.27. The van der Waals surface area contributed by atoms with Crippen molar-refractivity contribution < 1.29 is 9.13 Å². The predicted octanol–water partition coefficient (Wildman–Crippen LogP) is 1.66. The summed E-state index contributed by atoms with van der Waals surface area (Å²) in [7, 11) is 3.08. The van der Waals surface area contributed by atoms with E-state index in [1.165, 1.54) is 31.6 Å². The zero-order valence-corrected chi connectivity index (χ0v) is 11.1. The maximum Gasteiger partial charge on any atom is 0.140 e. The minimum Gasteiger partial charge on any atom is -0.496 e. The number of rotatable bonds is 4. The molecule has 0 saturated heterocycles. The summed E-state index contributed by atoms with van der Waals surface area (Å²) in [5.41, 5.74) is 6.63. The molecule has 1 heterocycles. The predicted molar refractivity (Wildman–Crippen MR) is 74.9 cm³/mol. The highest BCUT2D eigenvalue weighted by molar-refractivity contribution is 6.17. The number of nitrogens with zero attached hydrogens (tertiary/aromatic N) is 2. The van der Waals surface area contributed by atoms with E-state index in [1.54, 1.807) is 7.05 Å². The van der Waals surface area contributed by atoms with Crippen LogP contribution in [0.2, 0.25) is 0 Å². The second-order valence-electron chi connectivity index (χ2n) is 3.95. The van der Waals surface area contributed by atoms with Crippen molar-refractivity contribution in [3.63, 3.8) is 0 Å². The molecule has 0 saturated carbocycles. The largest absolute Gasteiger partial charge is 0.496 e. The molecule has 6 nitrogen and oxygen atoms in total. The van der Waals surface area contributed by atoms with Gasteiger partial charge in [-0.25, -0.2) is 14.4 Å². The summed E-state index contributed by atoms with van der Waals surface area (Å²) in [5.74, 6) is 0.402. The van der Waals surface area contributed by atoms with E-state index in [1.807, 2.05) is 0 Å². The van der Waals surface area contributed by atoms with Crippen LogP contribution in [0.15, 0.2) is 24.5 Å². The van der Waals surface area contributed by atoms with Gasteiger partial charge in [-0.15, -0.1) is 0 Å².